The number of nitrogen functional groups attached to an aromatic ring is 1. The summed E-state index contributed by atoms with van der Waals surface area (Å²) in [7, 11) is 0. The first-order valence-corrected chi connectivity index (χ1v) is 15.8. The summed E-state index contributed by atoms with van der Waals surface area (Å²) in [6, 6.07) is 3.08. The van der Waals surface area contributed by atoms with E-state index in [9.17, 15) is 13.2 Å². The number of pyridine rings is 1. The summed E-state index contributed by atoms with van der Waals surface area (Å²) in [5.41, 5.74) is 3.25. The second kappa shape index (κ2) is 11.1. The summed E-state index contributed by atoms with van der Waals surface area (Å²) in [6.07, 6.45) is 2.93. The van der Waals surface area contributed by atoms with Crippen LogP contribution in [0.2, 0.25) is 5.02 Å². The van der Waals surface area contributed by atoms with E-state index in [1.165, 1.54) is 32.3 Å². The Labute approximate surface area is 258 Å². The molecule has 0 spiro atoms. The summed E-state index contributed by atoms with van der Waals surface area (Å²) >= 11 is 6.60. The Morgan fingerprint density at radius 1 is 1.07 bits per heavy atom. The lowest BCUT2D eigenvalue weighted by atomic mass is 9.99. The van der Waals surface area contributed by atoms with Crippen molar-refractivity contribution in [2.24, 2.45) is 5.41 Å². The number of nitrogens with zero attached hydrogens (tertiary/aromatic N) is 5. The monoisotopic (exact) mass is 633 g/mol. The van der Waals surface area contributed by atoms with Gasteiger partial charge in [-0.05, 0) is 76.2 Å². The number of rotatable bonds is 7. The Hall–Kier alpha value is -2.96. The first kappa shape index (κ1) is 29.7. The maximum Gasteiger partial charge on any atom is 0.418 e. The molecule has 4 aliphatic rings. The molecule has 5 heterocycles. The van der Waals surface area contributed by atoms with Crippen LogP contribution in [0.5, 0.6) is 6.01 Å². The Morgan fingerprint density at radius 3 is 2.43 bits per heavy atom. The van der Waals surface area contributed by atoms with Gasteiger partial charge in [-0.25, -0.2) is 9.37 Å². The molecule has 3 aromatic rings. The van der Waals surface area contributed by atoms with Crippen molar-refractivity contribution in [3.8, 4) is 17.3 Å². The number of piperazine rings is 1. The van der Waals surface area contributed by atoms with Gasteiger partial charge in [0.25, 0.3) is 0 Å². The fourth-order valence-electron chi connectivity index (χ4n) is 7.22. The fourth-order valence-corrected chi connectivity index (χ4v) is 7.51. The van der Waals surface area contributed by atoms with Gasteiger partial charge in [-0.3, -0.25) is 0 Å². The van der Waals surface area contributed by atoms with Crippen LogP contribution in [0.4, 0.5) is 29.2 Å². The van der Waals surface area contributed by atoms with Gasteiger partial charge in [0.05, 0.1) is 28.5 Å². The molecule has 0 amide bonds. The molecular weight excluding hydrogens is 598 g/mol. The standard InChI is InChI=1S/C31H36ClF4N7O/c1-17-11-22(37)39-27(24(17)31(34,35)36)23-21(32)12-20-26(25(23)33)40-29(41-28(20)43-13-18-5-6-19(14-43)38-18)44-16-30(7-8-30)15-42-9-3-2-4-10-42/h11-12,18-19,38H,2-10,13-16H2,1H3,(H2,37,39)/t18-,19+. The van der Waals surface area contributed by atoms with E-state index in [1.54, 1.807) is 0 Å². The lowest BCUT2D eigenvalue weighted by Crippen LogP contribution is -2.51. The lowest BCUT2D eigenvalue weighted by molar-refractivity contribution is -0.137. The molecule has 7 rings (SSSR count). The van der Waals surface area contributed by atoms with Crippen molar-refractivity contribution in [1.29, 1.82) is 0 Å². The van der Waals surface area contributed by atoms with Gasteiger partial charge in [0.1, 0.15) is 17.2 Å². The molecule has 1 aliphatic carbocycles. The summed E-state index contributed by atoms with van der Waals surface area (Å²) in [5.74, 6) is -0.728. The second-order valence-electron chi connectivity index (χ2n) is 13.0. The summed E-state index contributed by atoms with van der Waals surface area (Å²) in [4.78, 5) is 17.7. The van der Waals surface area contributed by atoms with E-state index in [2.05, 4.69) is 25.1 Å². The lowest BCUT2D eigenvalue weighted by Gasteiger charge is -2.34. The molecule has 3 N–H and O–H groups in total. The highest BCUT2D eigenvalue weighted by Gasteiger charge is 2.45. The number of hydrogen-bond acceptors (Lipinski definition) is 8. The van der Waals surface area contributed by atoms with Gasteiger partial charge >= 0.3 is 12.2 Å². The zero-order chi connectivity index (χ0) is 30.8. The van der Waals surface area contributed by atoms with Crippen LogP contribution in [0.25, 0.3) is 22.2 Å². The van der Waals surface area contributed by atoms with E-state index < -0.39 is 28.8 Å². The van der Waals surface area contributed by atoms with Crippen LogP contribution in [0.3, 0.4) is 0 Å². The molecule has 0 unspecified atom stereocenters. The fraction of sp³-hybridized carbons (Fsp3) is 0.581. The highest BCUT2D eigenvalue weighted by Crippen LogP contribution is 2.48. The number of ether oxygens (including phenoxy) is 1. The van der Waals surface area contributed by atoms with Crippen LogP contribution in [0, 0.1) is 18.2 Å². The average Bonchev–Trinajstić information content (AvgIpc) is 3.65. The van der Waals surface area contributed by atoms with Crippen molar-refractivity contribution in [2.45, 2.75) is 70.1 Å². The Kier molecular flexibility index (Phi) is 7.52. The van der Waals surface area contributed by atoms with Crippen molar-refractivity contribution in [2.75, 3.05) is 50.0 Å². The molecule has 3 saturated heterocycles. The van der Waals surface area contributed by atoms with Crippen LogP contribution in [0.1, 0.15) is 56.1 Å². The summed E-state index contributed by atoms with van der Waals surface area (Å²) in [6.45, 7) is 6.04. The Bertz CT molecular complexity index is 1580. The summed E-state index contributed by atoms with van der Waals surface area (Å²) in [5, 5.41) is 3.67. The van der Waals surface area contributed by atoms with Crippen molar-refractivity contribution >= 4 is 34.1 Å². The topological polar surface area (TPSA) is 92.4 Å². The van der Waals surface area contributed by atoms with Crippen molar-refractivity contribution in [3.63, 3.8) is 0 Å². The van der Waals surface area contributed by atoms with Crippen molar-refractivity contribution < 1.29 is 22.3 Å². The number of anilines is 2. The molecule has 1 aromatic carbocycles. The molecule has 2 bridgehead atoms. The molecule has 1 saturated carbocycles. The number of hydrogen-bond donors (Lipinski definition) is 2. The number of likely N-dealkylation sites (tertiary alicyclic amines) is 1. The van der Waals surface area contributed by atoms with Crippen LogP contribution >= 0.6 is 11.6 Å². The molecule has 3 aliphatic heterocycles. The van der Waals surface area contributed by atoms with Gasteiger partial charge in [-0.2, -0.15) is 23.1 Å². The van der Waals surface area contributed by atoms with Crippen LogP contribution < -0.4 is 20.7 Å². The molecule has 44 heavy (non-hydrogen) atoms. The van der Waals surface area contributed by atoms with E-state index in [0.29, 0.717) is 30.9 Å². The smallest absolute Gasteiger partial charge is 0.418 e. The van der Waals surface area contributed by atoms with Gasteiger partial charge < -0.3 is 25.6 Å². The van der Waals surface area contributed by atoms with Crippen molar-refractivity contribution in [3.05, 3.63) is 34.1 Å². The Morgan fingerprint density at radius 2 is 1.77 bits per heavy atom. The minimum absolute atomic E-state index is 0.00169. The largest absolute Gasteiger partial charge is 0.463 e. The second-order valence-corrected chi connectivity index (χ2v) is 13.4. The van der Waals surface area contributed by atoms with Crippen LogP contribution in [-0.2, 0) is 6.18 Å². The predicted molar refractivity (Wildman–Crippen MR) is 162 cm³/mol. The minimum Gasteiger partial charge on any atom is -0.463 e. The molecule has 8 nitrogen and oxygen atoms in total. The third-order valence-electron chi connectivity index (χ3n) is 9.59. The number of nitrogens with two attached hydrogens (primary N) is 1. The van der Waals surface area contributed by atoms with E-state index in [4.69, 9.17) is 27.1 Å². The average molecular weight is 634 g/mol. The van der Waals surface area contributed by atoms with Crippen molar-refractivity contribution in [1.82, 2.24) is 25.2 Å². The molecule has 13 heteroatoms. The van der Waals surface area contributed by atoms with Crippen LogP contribution in [-0.4, -0.2) is 71.3 Å². The zero-order valence-electron chi connectivity index (χ0n) is 24.6. The highest BCUT2D eigenvalue weighted by molar-refractivity contribution is 6.34. The number of fused-ring (bicyclic) bond motifs is 3. The first-order chi connectivity index (χ1) is 21.0. The molecule has 236 valence electrons. The van der Waals surface area contributed by atoms with E-state index >= 15 is 4.39 Å². The number of piperidine rings is 1. The quantitative estimate of drug-likeness (QED) is 0.307. The van der Waals surface area contributed by atoms with E-state index in [0.717, 1.165) is 51.4 Å². The normalized spacial score (nSPS) is 23.4. The molecule has 2 atom stereocenters. The maximum absolute atomic E-state index is 16.6. The van der Waals surface area contributed by atoms with Gasteiger partial charge in [0.15, 0.2) is 5.82 Å². The highest BCUT2D eigenvalue weighted by atomic mass is 35.5. The molecule has 2 aromatic heterocycles. The third kappa shape index (κ3) is 5.64. The van der Waals surface area contributed by atoms with Gasteiger partial charge in [-0.1, -0.05) is 18.0 Å². The Balaban J connectivity index is 1.32. The molecular formula is C31H36ClF4N7O. The number of alkyl halides is 3. The van der Waals surface area contributed by atoms with E-state index in [1.807, 2.05) is 0 Å². The molecule has 4 fully saturated rings. The zero-order valence-corrected chi connectivity index (χ0v) is 25.4. The third-order valence-corrected chi connectivity index (χ3v) is 9.89. The number of aromatic nitrogens is 3. The number of halogens is 5. The number of aryl methyl sites for hydroxylation is 1. The SMILES string of the molecule is Cc1cc(N)nc(-c2c(Cl)cc3c(N4C[C@H]5CC[C@@H](C4)N5)nc(OCC4(CN5CCCCC5)CC4)nc3c2F)c1C(F)(F)F. The minimum atomic E-state index is -4.82. The predicted octanol–water partition coefficient (Wildman–Crippen LogP) is 5.98. The molecule has 0 radical (unpaired) electrons. The van der Waals surface area contributed by atoms with Gasteiger partial charge in [0, 0.05) is 42.5 Å². The summed E-state index contributed by atoms with van der Waals surface area (Å²) < 4.78 is 65.5. The maximum atomic E-state index is 16.6. The van der Waals surface area contributed by atoms with Crippen LogP contribution in [0.15, 0.2) is 12.1 Å². The van der Waals surface area contributed by atoms with E-state index in [-0.39, 0.29) is 45.4 Å². The number of benzene rings is 1. The first-order valence-electron chi connectivity index (χ1n) is 15.4. The number of nitrogens with one attached hydrogen (secondary N) is 1. The van der Waals surface area contributed by atoms with Gasteiger partial charge in [-0.15, -0.1) is 0 Å². The van der Waals surface area contributed by atoms with Gasteiger partial charge in [0.2, 0.25) is 0 Å².